The van der Waals surface area contributed by atoms with E-state index in [2.05, 4.69) is 15.2 Å². The first-order valence-electron chi connectivity index (χ1n) is 11.0. The summed E-state index contributed by atoms with van der Waals surface area (Å²) in [4.78, 5) is 20.5. The molecule has 3 heterocycles. The number of pyridine rings is 1. The molecule has 1 fully saturated rings. The number of nitrogens with zero attached hydrogens (tertiary/aromatic N) is 3. The summed E-state index contributed by atoms with van der Waals surface area (Å²) in [6.45, 7) is 2.62. The molecule has 0 bridgehead atoms. The highest BCUT2D eigenvalue weighted by Gasteiger charge is 2.36. The SMILES string of the molecule is O=C(Nc1ccc(N2CCCCCC2)cc1)C1=CCN(c2ncccc2C(F)(F)F)CC1. The number of amides is 1. The molecule has 2 aliphatic heterocycles. The van der Waals surface area contributed by atoms with E-state index in [0.29, 0.717) is 24.2 Å². The Morgan fingerprint density at radius 1 is 0.938 bits per heavy atom. The molecule has 1 aromatic heterocycles. The van der Waals surface area contributed by atoms with Gasteiger partial charge in [-0.15, -0.1) is 0 Å². The number of hydrogen-bond acceptors (Lipinski definition) is 4. The monoisotopic (exact) mass is 444 g/mol. The molecular formula is C24H27F3N4O. The molecule has 0 saturated carbocycles. The molecule has 0 aliphatic carbocycles. The van der Waals surface area contributed by atoms with Crippen LogP contribution in [-0.2, 0) is 11.0 Å². The lowest BCUT2D eigenvalue weighted by molar-refractivity contribution is -0.137. The van der Waals surface area contributed by atoms with Crippen LogP contribution in [0.25, 0.3) is 0 Å². The second-order valence-corrected chi connectivity index (χ2v) is 8.20. The molecule has 4 rings (SSSR count). The predicted molar refractivity (Wildman–Crippen MR) is 120 cm³/mol. The molecule has 1 N–H and O–H groups in total. The number of aromatic nitrogens is 1. The Balaban J connectivity index is 1.38. The second-order valence-electron chi connectivity index (χ2n) is 8.20. The van der Waals surface area contributed by atoms with E-state index < -0.39 is 11.7 Å². The number of carbonyl (C=O) groups is 1. The van der Waals surface area contributed by atoms with Gasteiger partial charge in [-0.05, 0) is 55.7 Å². The van der Waals surface area contributed by atoms with Gasteiger partial charge in [0.05, 0.1) is 5.56 Å². The minimum Gasteiger partial charge on any atom is -0.372 e. The number of rotatable bonds is 4. The Morgan fingerprint density at radius 3 is 2.28 bits per heavy atom. The summed E-state index contributed by atoms with van der Waals surface area (Å²) in [5.74, 6) is -0.316. The zero-order chi connectivity index (χ0) is 22.6. The van der Waals surface area contributed by atoms with Crippen LogP contribution in [0, 0.1) is 0 Å². The third-order valence-electron chi connectivity index (χ3n) is 5.99. The summed E-state index contributed by atoms with van der Waals surface area (Å²) in [5, 5.41) is 2.90. The van der Waals surface area contributed by atoms with E-state index in [-0.39, 0.29) is 18.3 Å². The average Bonchev–Trinajstić information content (AvgIpc) is 3.09. The molecule has 2 aromatic rings. The van der Waals surface area contributed by atoms with E-state index in [1.165, 1.54) is 37.9 Å². The number of halogens is 3. The third kappa shape index (κ3) is 5.23. The number of alkyl halides is 3. The van der Waals surface area contributed by atoms with Gasteiger partial charge in [0, 0.05) is 49.3 Å². The quantitative estimate of drug-likeness (QED) is 0.699. The lowest BCUT2D eigenvalue weighted by Crippen LogP contribution is -2.33. The zero-order valence-electron chi connectivity index (χ0n) is 17.9. The van der Waals surface area contributed by atoms with Crippen LogP contribution in [-0.4, -0.2) is 37.1 Å². The summed E-state index contributed by atoms with van der Waals surface area (Å²) in [5.41, 5.74) is 1.68. The molecule has 0 spiro atoms. The summed E-state index contributed by atoms with van der Waals surface area (Å²) in [6, 6.07) is 10.2. The van der Waals surface area contributed by atoms with Crippen molar-refractivity contribution >= 4 is 23.1 Å². The van der Waals surface area contributed by atoms with Crippen LogP contribution in [0.2, 0.25) is 0 Å². The highest BCUT2D eigenvalue weighted by Crippen LogP contribution is 2.36. The fraction of sp³-hybridized carbons (Fsp3) is 0.417. The smallest absolute Gasteiger partial charge is 0.372 e. The average molecular weight is 445 g/mol. The van der Waals surface area contributed by atoms with E-state index in [9.17, 15) is 18.0 Å². The molecule has 0 radical (unpaired) electrons. The van der Waals surface area contributed by atoms with Gasteiger partial charge in [0.25, 0.3) is 5.91 Å². The van der Waals surface area contributed by atoms with Crippen LogP contribution in [0.15, 0.2) is 54.2 Å². The van der Waals surface area contributed by atoms with Crippen molar-refractivity contribution in [1.82, 2.24) is 4.98 Å². The summed E-state index contributed by atoms with van der Waals surface area (Å²) < 4.78 is 39.8. The van der Waals surface area contributed by atoms with Crippen LogP contribution in [0.3, 0.4) is 0 Å². The van der Waals surface area contributed by atoms with Crippen molar-refractivity contribution in [3.05, 3.63) is 59.8 Å². The van der Waals surface area contributed by atoms with Gasteiger partial charge >= 0.3 is 6.18 Å². The predicted octanol–water partition coefficient (Wildman–Crippen LogP) is 5.26. The van der Waals surface area contributed by atoms with Gasteiger partial charge in [0.15, 0.2) is 0 Å². The largest absolute Gasteiger partial charge is 0.419 e. The molecule has 1 saturated heterocycles. The topological polar surface area (TPSA) is 48.5 Å². The minimum absolute atomic E-state index is 0.0974. The van der Waals surface area contributed by atoms with E-state index in [1.807, 2.05) is 24.3 Å². The Morgan fingerprint density at radius 2 is 1.66 bits per heavy atom. The maximum absolute atomic E-state index is 13.3. The van der Waals surface area contributed by atoms with E-state index in [4.69, 9.17) is 0 Å². The zero-order valence-corrected chi connectivity index (χ0v) is 17.9. The van der Waals surface area contributed by atoms with Crippen molar-refractivity contribution in [3.8, 4) is 0 Å². The van der Waals surface area contributed by atoms with Crippen LogP contribution in [0.4, 0.5) is 30.4 Å². The number of carbonyl (C=O) groups excluding carboxylic acids is 1. The third-order valence-corrected chi connectivity index (χ3v) is 5.99. The maximum atomic E-state index is 13.3. The van der Waals surface area contributed by atoms with Crippen molar-refractivity contribution in [2.75, 3.05) is 41.3 Å². The lowest BCUT2D eigenvalue weighted by atomic mass is 10.1. The molecule has 1 amide bonds. The normalized spacial score (nSPS) is 17.5. The van der Waals surface area contributed by atoms with E-state index >= 15 is 0 Å². The lowest BCUT2D eigenvalue weighted by Gasteiger charge is -2.29. The fourth-order valence-corrected chi connectivity index (χ4v) is 4.23. The number of benzene rings is 1. The van der Waals surface area contributed by atoms with Gasteiger partial charge in [-0.2, -0.15) is 13.2 Å². The molecule has 32 heavy (non-hydrogen) atoms. The summed E-state index contributed by atoms with van der Waals surface area (Å²) in [6.07, 6.45) is 3.87. The Bertz CT molecular complexity index is 964. The Hall–Kier alpha value is -3.03. The molecule has 0 atom stereocenters. The number of hydrogen-bond donors (Lipinski definition) is 1. The molecule has 5 nitrogen and oxygen atoms in total. The van der Waals surface area contributed by atoms with Crippen LogP contribution in [0.5, 0.6) is 0 Å². The molecule has 170 valence electrons. The first-order chi connectivity index (χ1) is 15.4. The van der Waals surface area contributed by atoms with Gasteiger partial charge in [0.2, 0.25) is 0 Å². The number of anilines is 3. The first-order valence-corrected chi connectivity index (χ1v) is 11.0. The van der Waals surface area contributed by atoms with Crippen molar-refractivity contribution in [2.45, 2.75) is 38.3 Å². The van der Waals surface area contributed by atoms with Gasteiger partial charge in [-0.1, -0.05) is 18.9 Å². The van der Waals surface area contributed by atoms with Crippen LogP contribution < -0.4 is 15.1 Å². The van der Waals surface area contributed by atoms with Gasteiger partial charge < -0.3 is 15.1 Å². The number of nitrogens with one attached hydrogen (secondary N) is 1. The van der Waals surface area contributed by atoms with Gasteiger partial charge in [-0.25, -0.2) is 4.98 Å². The highest BCUT2D eigenvalue weighted by molar-refractivity contribution is 6.04. The Labute approximate surface area is 185 Å². The maximum Gasteiger partial charge on any atom is 0.419 e. The molecule has 2 aliphatic rings. The van der Waals surface area contributed by atoms with Crippen molar-refractivity contribution in [2.24, 2.45) is 0 Å². The first kappa shape index (κ1) is 22.2. The van der Waals surface area contributed by atoms with Crippen molar-refractivity contribution < 1.29 is 18.0 Å². The van der Waals surface area contributed by atoms with E-state index in [0.717, 1.165) is 24.8 Å². The standard InChI is InChI=1S/C24H27F3N4O/c25-24(26,27)21-6-5-13-28-22(21)31-16-11-18(12-17-31)23(32)29-19-7-9-20(10-8-19)30-14-3-1-2-4-15-30/h5-11,13H,1-4,12,14-17H2,(H,29,32). The highest BCUT2D eigenvalue weighted by atomic mass is 19.4. The molecular weight excluding hydrogens is 417 g/mol. The summed E-state index contributed by atoms with van der Waals surface area (Å²) >= 11 is 0. The van der Waals surface area contributed by atoms with Crippen molar-refractivity contribution in [1.29, 1.82) is 0 Å². The molecule has 1 aromatic carbocycles. The van der Waals surface area contributed by atoms with Crippen LogP contribution in [0.1, 0.15) is 37.7 Å². The van der Waals surface area contributed by atoms with Gasteiger partial charge in [-0.3, -0.25) is 4.79 Å². The van der Waals surface area contributed by atoms with Crippen molar-refractivity contribution in [3.63, 3.8) is 0 Å². The van der Waals surface area contributed by atoms with E-state index in [1.54, 1.807) is 11.0 Å². The van der Waals surface area contributed by atoms with Crippen LogP contribution >= 0.6 is 0 Å². The molecule has 0 unspecified atom stereocenters. The Kier molecular flexibility index (Phi) is 6.67. The molecule has 8 heteroatoms. The minimum atomic E-state index is -4.47. The van der Waals surface area contributed by atoms with Gasteiger partial charge in [0.1, 0.15) is 5.82 Å². The second kappa shape index (κ2) is 9.63. The summed E-state index contributed by atoms with van der Waals surface area (Å²) in [7, 11) is 0. The fourth-order valence-electron chi connectivity index (χ4n) is 4.23.